The second kappa shape index (κ2) is 16.3. The van der Waals surface area contributed by atoms with Gasteiger partial charge in [-0.3, -0.25) is 6.08 Å². The van der Waals surface area contributed by atoms with Crippen LogP contribution in [0, 0.1) is 12.1 Å². The average Bonchev–Trinajstić information content (AvgIpc) is 3.56. The Labute approximate surface area is 247 Å². The molecule has 0 aromatic heterocycles. The third-order valence-electron chi connectivity index (χ3n) is 7.58. The van der Waals surface area contributed by atoms with Crippen molar-refractivity contribution in [1.29, 1.82) is 0 Å². The molecule has 0 N–H and O–H groups in total. The fourth-order valence-corrected chi connectivity index (χ4v) is 5.82. The van der Waals surface area contributed by atoms with Crippen molar-refractivity contribution < 1.29 is 24.2 Å². The van der Waals surface area contributed by atoms with E-state index in [1.54, 1.807) is 35.4 Å². The fourth-order valence-electron chi connectivity index (χ4n) is 5.82. The van der Waals surface area contributed by atoms with E-state index in [4.69, 9.17) is 0 Å². The van der Waals surface area contributed by atoms with Gasteiger partial charge in [-0.25, -0.2) is 12.2 Å². The Bertz CT molecular complexity index is 944. The minimum absolute atomic E-state index is 0. The SMILES string of the molecule is C[C](C)=[Zr+2].Cl.Cl.[C-]1=CC=CC1.[c-]1cc(C2CCCCC2)cc2c1Cc1ccc(C3CCCCC3)cc1-2. The van der Waals surface area contributed by atoms with Crippen LogP contribution in [0.1, 0.15) is 119 Å². The van der Waals surface area contributed by atoms with Crippen molar-refractivity contribution in [2.45, 2.75) is 103 Å². The van der Waals surface area contributed by atoms with Gasteiger partial charge in [0.1, 0.15) is 0 Å². The number of fused-ring (bicyclic) bond motifs is 3. The predicted molar refractivity (Wildman–Crippen MR) is 158 cm³/mol. The normalized spacial score (nSPS) is 17.9. The molecule has 0 nitrogen and oxygen atoms in total. The van der Waals surface area contributed by atoms with Gasteiger partial charge in [-0.2, -0.15) is 35.4 Å². The Morgan fingerprint density at radius 2 is 1.39 bits per heavy atom. The summed E-state index contributed by atoms with van der Waals surface area (Å²) >= 11 is 1.55. The molecule has 3 heteroatoms. The van der Waals surface area contributed by atoms with Crippen molar-refractivity contribution in [2.24, 2.45) is 0 Å². The van der Waals surface area contributed by atoms with E-state index in [0.29, 0.717) is 0 Å². The van der Waals surface area contributed by atoms with Gasteiger partial charge in [0, 0.05) is 0 Å². The summed E-state index contributed by atoms with van der Waals surface area (Å²) in [5, 5.41) is 0. The van der Waals surface area contributed by atoms with Crippen molar-refractivity contribution in [3.8, 4) is 11.1 Å². The molecular weight excluding hydrogens is 558 g/mol. The topological polar surface area (TPSA) is 0 Å². The van der Waals surface area contributed by atoms with Crippen molar-refractivity contribution >= 4 is 28.0 Å². The largest absolute Gasteiger partial charge is 0.273 e. The molecule has 36 heavy (non-hydrogen) atoms. The van der Waals surface area contributed by atoms with Crippen molar-refractivity contribution in [2.75, 3.05) is 0 Å². The van der Waals surface area contributed by atoms with Gasteiger partial charge in [0.15, 0.2) is 0 Å². The molecule has 6 rings (SSSR count). The minimum Gasteiger partial charge on any atom is -0.273 e. The minimum atomic E-state index is 0. The zero-order valence-electron chi connectivity index (χ0n) is 22.1. The number of hydrogen-bond donors (Lipinski definition) is 0. The summed E-state index contributed by atoms with van der Waals surface area (Å²) < 4.78 is 1.51. The van der Waals surface area contributed by atoms with E-state index in [0.717, 1.165) is 24.7 Å². The molecule has 2 aromatic carbocycles. The Balaban J connectivity index is 0.000000357. The number of hydrogen-bond acceptors (Lipinski definition) is 0. The first-order valence-corrected chi connectivity index (χ1v) is 14.8. The third-order valence-corrected chi connectivity index (χ3v) is 7.58. The van der Waals surface area contributed by atoms with Gasteiger partial charge in [-0.05, 0) is 30.7 Å². The third kappa shape index (κ3) is 8.93. The molecule has 0 aliphatic heterocycles. The summed E-state index contributed by atoms with van der Waals surface area (Å²) in [6.07, 6.45) is 25.1. The van der Waals surface area contributed by atoms with Crippen LogP contribution in [0.2, 0.25) is 0 Å². The van der Waals surface area contributed by atoms with Crippen LogP contribution >= 0.6 is 24.8 Å². The van der Waals surface area contributed by atoms with Crippen molar-refractivity contribution in [3.05, 3.63) is 83.0 Å². The molecule has 0 amide bonds. The van der Waals surface area contributed by atoms with E-state index in [2.05, 4.69) is 62.4 Å². The first-order valence-electron chi connectivity index (χ1n) is 13.5. The van der Waals surface area contributed by atoms with Crippen LogP contribution in [0.5, 0.6) is 0 Å². The van der Waals surface area contributed by atoms with Gasteiger partial charge in [0.25, 0.3) is 0 Å². The maximum absolute atomic E-state index is 3.66. The van der Waals surface area contributed by atoms with Crippen LogP contribution in [0.3, 0.4) is 0 Å². The van der Waals surface area contributed by atoms with E-state index in [1.165, 1.54) is 89.7 Å². The maximum Gasteiger partial charge on any atom is -0.0162 e. The molecular formula is C33H42Cl2Zr. The first kappa shape index (κ1) is 31.5. The monoisotopic (exact) mass is 598 g/mol. The van der Waals surface area contributed by atoms with Gasteiger partial charge in [0.05, 0.1) is 0 Å². The summed E-state index contributed by atoms with van der Waals surface area (Å²) in [6, 6.07) is 15.9. The Morgan fingerprint density at radius 1 is 0.806 bits per heavy atom. The van der Waals surface area contributed by atoms with Crippen LogP contribution in [0.25, 0.3) is 11.1 Å². The predicted octanol–water partition coefficient (Wildman–Crippen LogP) is 10.0. The van der Waals surface area contributed by atoms with E-state index in [-0.39, 0.29) is 24.8 Å². The summed E-state index contributed by atoms with van der Waals surface area (Å²) in [6.45, 7) is 4.25. The number of rotatable bonds is 2. The molecule has 192 valence electrons. The van der Waals surface area contributed by atoms with E-state index < -0.39 is 0 Å². The van der Waals surface area contributed by atoms with E-state index in [9.17, 15) is 0 Å². The van der Waals surface area contributed by atoms with E-state index >= 15 is 0 Å². The molecule has 4 aliphatic carbocycles. The molecule has 2 aromatic rings. The molecule has 0 heterocycles. The summed E-state index contributed by atoms with van der Waals surface area (Å²) in [7, 11) is 0. The Kier molecular flexibility index (Phi) is 14.2. The quantitative estimate of drug-likeness (QED) is 0.257. The van der Waals surface area contributed by atoms with Gasteiger partial charge >= 0.3 is 41.3 Å². The molecule has 0 unspecified atom stereocenters. The number of halogens is 2. The average molecular weight is 601 g/mol. The Hall–Kier alpha value is -0.747. The smallest absolute Gasteiger partial charge is 0.0162 e. The molecule has 0 saturated heterocycles. The van der Waals surface area contributed by atoms with Crippen molar-refractivity contribution in [1.82, 2.24) is 0 Å². The molecule has 4 aliphatic rings. The van der Waals surface area contributed by atoms with Gasteiger partial charge in [0.2, 0.25) is 0 Å². The van der Waals surface area contributed by atoms with Crippen LogP contribution in [-0.2, 0) is 30.7 Å². The molecule has 0 radical (unpaired) electrons. The van der Waals surface area contributed by atoms with E-state index in [1.807, 2.05) is 12.2 Å². The zero-order valence-corrected chi connectivity index (χ0v) is 26.2. The standard InChI is InChI=1S/C25H29.C5H5.C3H6.2ClH.Zr/c1-3-7-18(8-4-1)20-11-13-22-15-23-14-12-21(17-25(23)24(22)16-20)19-9-5-2-6-10-19;1-2-4-5-3-1;1-3-2;;;/h11-13,16-19H,1-10,15H2;1-3H,4H2;1-2H3;2*1H;/q2*-1;;;;+2. The van der Waals surface area contributed by atoms with Crippen LogP contribution in [-0.4, -0.2) is 3.21 Å². The zero-order chi connectivity index (χ0) is 23.8. The van der Waals surface area contributed by atoms with Gasteiger partial charge in [-0.15, -0.1) is 36.8 Å². The van der Waals surface area contributed by atoms with Crippen LogP contribution < -0.4 is 0 Å². The van der Waals surface area contributed by atoms with Crippen LogP contribution in [0.15, 0.2) is 48.6 Å². The van der Waals surface area contributed by atoms with Crippen molar-refractivity contribution in [3.63, 3.8) is 0 Å². The molecule has 0 atom stereocenters. The first-order chi connectivity index (χ1) is 16.6. The molecule has 0 bridgehead atoms. The molecule has 2 saturated carbocycles. The molecule has 0 spiro atoms. The van der Waals surface area contributed by atoms with Crippen LogP contribution in [0.4, 0.5) is 0 Å². The summed E-state index contributed by atoms with van der Waals surface area (Å²) in [5.74, 6) is 1.58. The maximum atomic E-state index is 3.66. The summed E-state index contributed by atoms with van der Waals surface area (Å²) in [5.41, 5.74) is 9.11. The molecule has 2 fully saturated rings. The fraction of sp³-hybridized carbons (Fsp3) is 0.485. The summed E-state index contributed by atoms with van der Waals surface area (Å²) in [4.78, 5) is 0. The second-order valence-corrected chi connectivity index (χ2v) is 13.0. The number of benzene rings is 2. The van der Waals surface area contributed by atoms with Gasteiger partial charge < -0.3 is 0 Å². The number of allylic oxidation sites excluding steroid dienone is 4. The Morgan fingerprint density at radius 3 is 1.92 bits per heavy atom. The van der Waals surface area contributed by atoms with Gasteiger partial charge in [-0.1, -0.05) is 86.6 Å². The second-order valence-electron chi connectivity index (χ2n) is 10.6.